The molecule has 0 saturated heterocycles. The molecule has 12 heavy (non-hydrogen) atoms. The largest absolute Gasteiger partial charge is 0.306 e. The van der Waals surface area contributed by atoms with Crippen LogP contribution in [0.4, 0.5) is 3.89 Å². The summed E-state index contributed by atoms with van der Waals surface area (Å²) in [7, 11) is -4.47. The van der Waals surface area contributed by atoms with Gasteiger partial charge in [0, 0.05) is 0 Å². The van der Waals surface area contributed by atoms with Gasteiger partial charge in [-0.1, -0.05) is 0 Å². The lowest BCUT2D eigenvalue weighted by atomic mass is 10.3. The first-order chi connectivity index (χ1) is 5.51. The molecule has 0 aliphatic rings. The minimum atomic E-state index is -4.47. The fourth-order valence-electron chi connectivity index (χ4n) is 0.709. The number of nitriles is 1. The zero-order valence-corrected chi connectivity index (χ0v) is 7.45. The van der Waals surface area contributed by atoms with Crippen molar-refractivity contribution in [3.05, 3.63) is 21.9 Å². The molecular weight excluding hydrogens is 201 g/mol. The minimum absolute atomic E-state index is 0.319. The Labute approximate surface area is 73.3 Å². The van der Waals surface area contributed by atoms with Crippen LogP contribution in [0.25, 0.3) is 0 Å². The van der Waals surface area contributed by atoms with Crippen LogP contribution in [0, 0.1) is 11.3 Å². The molecule has 0 aliphatic carbocycles. The number of hydrogen-bond donors (Lipinski definition) is 0. The smallest absolute Gasteiger partial charge is 0.194 e. The maximum atomic E-state index is 12.1. The fraction of sp³-hybridized carbons (Fsp3) is 0.167. The van der Waals surface area contributed by atoms with Crippen LogP contribution in [0.1, 0.15) is 10.4 Å². The molecule has 0 N–H and O–H groups in total. The summed E-state index contributed by atoms with van der Waals surface area (Å²) in [6.07, 6.45) is 0. The van der Waals surface area contributed by atoms with E-state index in [1.807, 2.05) is 6.07 Å². The van der Waals surface area contributed by atoms with Crippen molar-refractivity contribution in [3.8, 4) is 6.07 Å². The molecule has 0 saturated carbocycles. The second-order valence-electron chi connectivity index (χ2n) is 2.11. The third kappa shape index (κ3) is 2.60. The molecule has 0 atom stereocenters. The summed E-state index contributed by atoms with van der Waals surface area (Å²) in [5, 5.41) is 9.82. The first-order valence-corrected chi connectivity index (χ1v) is 5.34. The molecule has 0 amide bonds. The summed E-state index contributed by atoms with van der Waals surface area (Å²) < 4.78 is 32.4. The van der Waals surface area contributed by atoms with Crippen LogP contribution in [-0.2, 0) is 16.0 Å². The van der Waals surface area contributed by atoms with E-state index < -0.39 is 16.0 Å². The van der Waals surface area contributed by atoms with Crippen molar-refractivity contribution in [2.24, 2.45) is 0 Å². The van der Waals surface area contributed by atoms with Gasteiger partial charge in [-0.25, -0.2) is 0 Å². The summed E-state index contributed by atoms with van der Waals surface area (Å²) in [6, 6.07) is 3.20. The summed E-state index contributed by atoms with van der Waals surface area (Å²) in [4.78, 5) is 0.383. The van der Waals surface area contributed by atoms with Gasteiger partial charge in [-0.3, -0.25) is 0 Å². The molecule has 1 aromatic heterocycles. The minimum Gasteiger partial charge on any atom is -0.194 e. The van der Waals surface area contributed by atoms with Crippen LogP contribution >= 0.6 is 11.3 Å². The van der Waals surface area contributed by atoms with Crippen molar-refractivity contribution in [2.75, 3.05) is 0 Å². The highest BCUT2D eigenvalue weighted by Crippen LogP contribution is 2.16. The van der Waals surface area contributed by atoms with E-state index in [2.05, 4.69) is 0 Å². The first-order valence-electron chi connectivity index (χ1n) is 2.91. The Kier molecular flexibility index (Phi) is 2.45. The molecule has 64 valence electrons. The van der Waals surface area contributed by atoms with Crippen LogP contribution in [0.15, 0.2) is 11.4 Å². The van der Waals surface area contributed by atoms with Crippen molar-refractivity contribution in [2.45, 2.75) is 5.75 Å². The van der Waals surface area contributed by atoms with Gasteiger partial charge in [0.15, 0.2) is 0 Å². The van der Waals surface area contributed by atoms with Gasteiger partial charge in [0.25, 0.3) is 0 Å². The van der Waals surface area contributed by atoms with Crippen molar-refractivity contribution in [3.63, 3.8) is 0 Å². The van der Waals surface area contributed by atoms with Crippen LogP contribution in [0.3, 0.4) is 0 Å². The monoisotopic (exact) mass is 205 g/mol. The van der Waals surface area contributed by atoms with Gasteiger partial charge in [-0.05, 0) is 17.0 Å². The quantitative estimate of drug-likeness (QED) is 0.686. The van der Waals surface area contributed by atoms with Crippen molar-refractivity contribution < 1.29 is 12.3 Å². The standard InChI is InChI=1S/C6H4FNO2S2/c7-12(9,10)4-5-1-6(2-8)11-3-5/h1,3H,4H2. The molecule has 0 aromatic carbocycles. The third-order valence-corrected chi connectivity index (χ3v) is 2.66. The molecule has 6 heteroatoms. The Balaban J connectivity index is 2.87. The molecule has 1 rings (SSSR count). The van der Waals surface area contributed by atoms with Crippen molar-refractivity contribution in [1.82, 2.24) is 0 Å². The maximum absolute atomic E-state index is 12.1. The second kappa shape index (κ2) is 3.21. The molecule has 0 bridgehead atoms. The van der Waals surface area contributed by atoms with Crippen LogP contribution in [0.2, 0.25) is 0 Å². The normalized spacial score (nSPS) is 11.0. The van der Waals surface area contributed by atoms with E-state index in [9.17, 15) is 12.3 Å². The van der Waals surface area contributed by atoms with Crippen LogP contribution < -0.4 is 0 Å². The van der Waals surface area contributed by atoms with E-state index in [0.717, 1.165) is 11.3 Å². The predicted octanol–water partition coefficient (Wildman–Crippen LogP) is 1.42. The molecule has 0 radical (unpaired) electrons. The number of thiophene rings is 1. The van der Waals surface area contributed by atoms with E-state index in [1.165, 1.54) is 11.4 Å². The van der Waals surface area contributed by atoms with Gasteiger partial charge in [0.2, 0.25) is 0 Å². The second-order valence-corrected chi connectivity index (χ2v) is 4.39. The molecular formula is C6H4FNO2S2. The Hall–Kier alpha value is -0.930. The lowest BCUT2D eigenvalue weighted by molar-refractivity contribution is 0.551. The van der Waals surface area contributed by atoms with Crippen LogP contribution in [0.5, 0.6) is 0 Å². The highest BCUT2D eigenvalue weighted by Gasteiger charge is 2.10. The predicted molar refractivity (Wildman–Crippen MR) is 42.8 cm³/mol. The zero-order valence-electron chi connectivity index (χ0n) is 5.82. The highest BCUT2D eigenvalue weighted by atomic mass is 32.3. The van der Waals surface area contributed by atoms with E-state index in [4.69, 9.17) is 5.26 Å². The molecule has 0 aliphatic heterocycles. The number of rotatable bonds is 2. The third-order valence-electron chi connectivity index (χ3n) is 1.10. The van der Waals surface area contributed by atoms with E-state index >= 15 is 0 Å². The number of halogens is 1. The number of nitrogens with zero attached hydrogens (tertiary/aromatic N) is 1. The topological polar surface area (TPSA) is 57.9 Å². The van der Waals surface area contributed by atoms with Gasteiger partial charge in [-0.2, -0.15) is 13.7 Å². The Morgan fingerprint density at radius 2 is 2.33 bits per heavy atom. The Morgan fingerprint density at radius 3 is 2.75 bits per heavy atom. The van der Waals surface area contributed by atoms with Gasteiger partial charge < -0.3 is 0 Å². The average molecular weight is 205 g/mol. The van der Waals surface area contributed by atoms with Crippen molar-refractivity contribution >= 4 is 21.6 Å². The summed E-state index contributed by atoms with van der Waals surface area (Å²) in [5.74, 6) is -0.648. The Morgan fingerprint density at radius 1 is 1.67 bits per heavy atom. The van der Waals surface area contributed by atoms with E-state index in [0.29, 0.717) is 10.4 Å². The fourth-order valence-corrected chi connectivity index (χ4v) is 2.08. The molecule has 3 nitrogen and oxygen atoms in total. The molecule has 1 aromatic rings. The van der Waals surface area contributed by atoms with Gasteiger partial charge in [0.05, 0.1) is 0 Å². The highest BCUT2D eigenvalue weighted by molar-refractivity contribution is 7.85. The molecule has 1 heterocycles. The van der Waals surface area contributed by atoms with Gasteiger partial charge in [0.1, 0.15) is 16.7 Å². The Bertz CT molecular complexity index is 415. The maximum Gasteiger partial charge on any atom is 0.306 e. The SMILES string of the molecule is N#Cc1cc(CS(=O)(=O)F)cs1. The van der Waals surface area contributed by atoms with E-state index in [-0.39, 0.29) is 0 Å². The summed E-state index contributed by atoms with van der Waals surface area (Å²) >= 11 is 1.10. The molecule has 0 spiro atoms. The van der Waals surface area contributed by atoms with Crippen molar-refractivity contribution in [1.29, 1.82) is 5.26 Å². The summed E-state index contributed by atoms with van der Waals surface area (Å²) in [5.41, 5.74) is 0.319. The van der Waals surface area contributed by atoms with Gasteiger partial charge >= 0.3 is 10.2 Å². The number of hydrogen-bond acceptors (Lipinski definition) is 4. The first kappa shape index (κ1) is 9.16. The van der Waals surface area contributed by atoms with Crippen LogP contribution in [-0.4, -0.2) is 8.42 Å². The lowest BCUT2D eigenvalue weighted by Crippen LogP contribution is -1.93. The lowest BCUT2D eigenvalue weighted by Gasteiger charge is -1.87. The molecule has 0 unspecified atom stereocenters. The molecule has 0 fully saturated rings. The zero-order chi connectivity index (χ0) is 9.19. The van der Waals surface area contributed by atoms with E-state index in [1.54, 1.807) is 0 Å². The average Bonchev–Trinajstić information content (AvgIpc) is 2.32. The summed E-state index contributed by atoms with van der Waals surface area (Å²) in [6.45, 7) is 0. The van der Waals surface area contributed by atoms with Gasteiger partial charge in [-0.15, -0.1) is 15.2 Å².